The Hall–Kier alpha value is -2.85. The van der Waals surface area contributed by atoms with Crippen molar-refractivity contribution in [2.24, 2.45) is 5.92 Å². The highest BCUT2D eigenvalue weighted by atomic mass is 35.5. The van der Waals surface area contributed by atoms with Gasteiger partial charge >= 0.3 is 5.97 Å². The number of ether oxygens (including phenoxy) is 2. The van der Waals surface area contributed by atoms with Crippen molar-refractivity contribution < 1.29 is 23.9 Å². The standard InChI is InChI=1S/C28H25Cl2N3O5S/c1-36-21-8-14(27(34)35)9-22-25(21)31-28(39-22)33-11-15-7-16(33)10-20(15)37-12-17-24(32-38-26(17)13-5-6-13)23-18(29)3-2-4-19(23)30/h2-4,8-9,13,15-16,20H,5-7,10-12H2,1H3,(H,34,35)/t15-,16-,20+/m1/s1. The van der Waals surface area contributed by atoms with Gasteiger partial charge in [-0.15, -0.1) is 0 Å². The average molecular weight is 586 g/mol. The third-order valence-electron chi connectivity index (χ3n) is 8.05. The number of aromatic carboxylic acids is 1. The molecule has 0 unspecified atom stereocenters. The third kappa shape index (κ3) is 4.36. The molecule has 3 fully saturated rings. The number of rotatable bonds is 8. The summed E-state index contributed by atoms with van der Waals surface area (Å²) in [6.45, 7) is 1.24. The van der Waals surface area contributed by atoms with Gasteiger partial charge in [-0.25, -0.2) is 9.78 Å². The molecule has 3 aliphatic rings. The highest BCUT2D eigenvalue weighted by Gasteiger charge is 2.46. The van der Waals surface area contributed by atoms with Crippen molar-refractivity contribution in [2.75, 3.05) is 18.6 Å². The Morgan fingerprint density at radius 1 is 1.23 bits per heavy atom. The number of fused-ring (bicyclic) bond motifs is 3. The quantitative estimate of drug-likeness (QED) is 0.235. The van der Waals surface area contributed by atoms with E-state index in [-0.39, 0.29) is 11.7 Å². The summed E-state index contributed by atoms with van der Waals surface area (Å²) in [4.78, 5) is 18.7. The van der Waals surface area contributed by atoms with E-state index in [2.05, 4.69) is 10.1 Å². The van der Waals surface area contributed by atoms with Crippen LogP contribution in [0.3, 0.4) is 0 Å². The molecule has 1 saturated heterocycles. The predicted octanol–water partition coefficient (Wildman–Crippen LogP) is 7.03. The number of halogens is 2. The van der Waals surface area contributed by atoms with Crippen molar-refractivity contribution in [3.05, 3.63) is 57.3 Å². The number of carboxylic acid groups (broad SMARTS) is 1. The largest absolute Gasteiger partial charge is 0.494 e. The maximum Gasteiger partial charge on any atom is 0.335 e. The first-order chi connectivity index (χ1) is 18.9. The lowest BCUT2D eigenvalue weighted by Crippen LogP contribution is -2.38. The number of benzene rings is 2. The number of carbonyl (C=O) groups is 1. The number of carboxylic acids is 1. The molecule has 202 valence electrons. The molecule has 2 bridgehead atoms. The highest BCUT2D eigenvalue weighted by Crippen LogP contribution is 2.48. The lowest BCUT2D eigenvalue weighted by Gasteiger charge is -2.31. The monoisotopic (exact) mass is 585 g/mol. The molecule has 4 aromatic rings. The van der Waals surface area contributed by atoms with Gasteiger partial charge in [-0.05, 0) is 49.9 Å². The zero-order valence-corrected chi connectivity index (χ0v) is 23.4. The Morgan fingerprint density at radius 3 is 2.69 bits per heavy atom. The molecule has 0 radical (unpaired) electrons. The van der Waals surface area contributed by atoms with E-state index in [1.165, 1.54) is 24.5 Å². The Bertz CT molecular complexity index is 1580. The van der Waals surface area contributed by atoms with Crippen molar-refractivity contribution in [3.63, 3.8) is 0 Å². The first-order valence-electron chi connectivity index (χ1n) is 12.9. The smallest absolute Gasteiger partial charge is 0.335 e. The first kappa shape index (κ1) is 25.1. The van der Waals surface area contributed by atoms with E-state index in [1.807, 2.05) is 18.2 Å². The van der Waals surface area contributed by atoms with Crippen molar-refractivity contribution >= 4 is 55.9 Å². The van der Waals surface area contributed by atoms with Gasteiger partial charge in [0.25, 0.3) is 0 Å². The lowest BCUT2D eigenvalue weighted by molar-refractivity contribution is 0.0122. The maximum atomic E-state index is 11.5. The van der Waals surface area contributed by atoms with Gasteiger partial charge in [-0.2, -0.15) is 0 Å². The van der Waals surface area contributed by atoms with Crippen LogP contribution in [0.1, 0.15) is 53.3 Å². The van der Waals surface area contributed by atoms with E-state index in [9.17, 15) is 9.90 Å². The molecule has 2 aliphatic carbocycles. The summed E-state index contributed by atoms with van der Waals surface area (Å²) in [7, 11) is 1.54. The topological polar surface area (TPSA) is 97.9 Å². The van der Waals surface area contributed by atoms with Crippen molar-refractivity contribution in [1.29, 1.82) is 0 Å². The summed E-state index contributed by atoms with van der Waals surface area (Å²) in [5.74, 6) is 1.12. The number of piperidine rings is 1. The first-order valence-corrected chi connectivity index (χ1v) is 14.5. The van der Waals surface area contributed by atoms with Gasteiger partial charge in [0.15, 0.2) is 5.13 Å². The van der Waals surface area contributed by atoms with Crippen LogP contribution in [-0.2, 0) is 11.3 Å². The fourth-order valence-corrected chi connectivity index (χ4v) is 7.65. The SMILES string of the molecule is COc1cc(C(=O)O)cc2sc(N3C[C@H]4C[C@@H]3C[C@@H]4OCc3c(-c4c(Cl)cccc4Cl)noc3C3CC3)nc12. The molecule has 7 rings (SSSR count). The van der Waals surface area contributed by atoms with Crippen molar-refractivity contribution in [2.45, 2.75) is 50.4 Å². The summed E-state index contributed by atoms with van der Waals surface area (Å²) in [5, 5.41) is 15.8. The Morgan fingerprint density at radius 2 is 2.03 bits per heavy atom. The van der Waals surface area contributed by atoms with Crippen LogP contribution in [-0.4, -0.2) is 47.0 Å². The second-order valence-electron chi connectivity index (χ2n) is 10.5. The van der Waals surface area contributed by atoms with Crippen LogP contribution in [0.15, 0.2) is 34.9 Å². The normalized spacial score (nSPS) is 22.2. The number of methoxy groups -OCH3 is 1. The molecular formula is C28H25Cl2N3O5S. The summed E-state index contributed by atoms with van der Waals surface area (Å²) in [5.41, 5.74) is 3.19. The lowest BCUT2D eigenvalue weighted by atomic mass is 10.0. The van der Waals surface area contributed by atoms with Crippen LogP contribution >= 0.6 is 34.5 Å². The number of hydrogen-bond acceptors (Lipinski definition) is 8. The minimum Gasteiger partial charge on any atom is -0.494 e. The molecule has 2 aromatic carbocycles. The Kier molecular flexibility index (Phi) is 6.23. The van der Waals surface area contributed by atoms with Gasteiger partial charge in [0, 0.05) is 35.5 Å². The number of hydrogen-bond donors (Lipinski definition) is 1. The fourth-order valence-electron chi connectivity index (χ4n) is 5.97. The summed E-state index contributed by atoms with van der Waals surface area (Å²) >= 11 is 14.5. The van der Waals surface area contributed by atoms with E-state index in [0.29, 0.717) is 57.1 Å². The average Bonchev–Trinajstić information content (AvgIpc) is 3.24. The van der Waals surface area contributed by atoms with Crippen LogP contribution < -0.4 is 9.64 Å². The number of thiazole rings is 1. The molecule has 11 heteroatoms. The molecule has 0 spiro atoms. The van der Waals surface area contributed by atoms with Gasteiger partial charge in [-0.3, -0.25) is 0 Å². The minimum absolute atomic E-state index is 0.116. The van der Waals surface area contributed by atoms with Crippen molar-refractivity contribution in [1.82, 2.24) is 10.1 Å². The molecule has 2 aromatic heterocycles. The van der Waals surface area contributed by atoms with Crippen LogP contribution in [0.5, 0.6) is 5.75 Å². The van der Waals surface area contributed by atoms with Crippen LogP contribution in [0.25, 0.3) is 21.5 Å². The van der Waals surface area contributed by atoms with Gasteiger partial charge < -0.3 is 24.0 Å². The summed E-state index contributed by atoms with van der Waals surface area (Å²) in [6, 6.07) is 8.94. The molecule has 39 heavy (non-hydrogen) atoms. The fraction of sp³-hybridized carbons (Fsp3) is 0.393. The van der Waals surface area contributed by atoms with Crippen LogP contribution in [0.2, 0.25) is 10.0 Å². The van der Waals surface area contributed by atoms with E-state index < -0.39 is 5.97 Å². The van der Waals surface area contributed by atoms with Gasteiger partial charge in [0.1, 0.15) is 22.7 Å². The van der Waals surface area contributed by atoms with E-state index in [1.54, 1.807) is 6.07 Å². The van der Waals surface area contributed by atoms with E-state index in [0.717, 1.165) is 53.4 Å². The van der Waals surface area contributed by atoms with E-state index in [4.69, 9.17) is 42.2 Å². The highest BCUT2D eigenvalue weighted by molar-refractivity contribution is 7.22. The zero-order valence-electron chi connectivity index (χ0n) is 21.0. The minimum atomic E-state index is -0.983. The third-order valence-corrected chi connectivity index (χ3v) is 9.72. The molecule has 0 amide bonds. The summed E-state index contributed by atoms with van der Waals surface area (Å²) < 4.78 is 18.6. The predicted molar refractivity (Wildman–Crippen MR) is 150 cm³/mol. The maximum absolute atomic E-state index is 11.5. The molecule has 8 nitrogen and oxygen atoms in total. The molecule has 3 atom stereocenters. The Labute approximate surface area is 238 Å². The van der Waals surface area contributed by atoms with E-state index >= 15 is 0 Å². The molecule has 3 heterocycles. The molecular weight excluding hydrogens is 561 g/mol. The second kappa shape index (κ2) is 9.66. The molecule has 1 aliphatic heterocycles. The molecule has 1 N–H and O–H groups in total. The van der Waals surface area contributed by atoms with Gasteiger partial charge in [0.05, 0.1) is 40.1 Å². The number of anilines is 1. The number of aromatic nitrogens is 2. The number of nitrogens with zero attached hydrogens (tertiary/aromatic N) is 3. The zero-order chi connectivity index (χ0) is 26.8. The van der Waals surface area contributed by atoms with Crippen molar-refractivity contribution in [3.8, 4) is 17.0 Å². The second-order valence-corrected chi connectivity index (χ2v) is 12.3. The van der Waals surface area contributed by atoms with Crippen LogP contribution in [0, 0.1) is 5.92 Å². The Balaban J connectivity index is 1.09. The van der Waals surface area contributed by atoms with Gasteiger partial charge in [0.2, 0.25) is 0 Å². The molecule has 2 saturated carbocycles. The van der Waals surface area contributed by atoms with Gasteiger partial charge in [-0.1, -0.05) is 45.8 Å². The summed E-state index contributed by atoms with van der Waals surface area (Å²) in [6.07, 6.45) is 4.21. The van der Waals surface area contributed by atoms with Crippen LogP contribution in [0.4, 0.5) is 5.13 Å².